The predicted octanol–water partition coefficient (Wildman–Crippen LogP) is 3.01. The molecule has 0 aromatic heterocycles. The molecule has 1 amide bonds. The molecule has 0 spiro atoms. The Morgan fingerprint density at radius 3 is 2.35 bits per heavy atom. The monoisotopic (exact) mass is 236 g/mol. The van der Waals surface area contributed by atoms with E-state index in [1.165, 1.54) is 0 Å². The average Bonchev–Trinajstić information content (AvgIpc) is 2.19. The zero-order valence-electron chi connectivity index (χ0n) is 11.5. The Hall–Kier alpha value is -1.04. The molecule has 96 valence electrons. The third-order valence-corrected chi connectivity index (χ3v) is 3.41. The van der Waals surface area contributed by atoms with E-state index in [9.17, 15) is 10.1 Å². The van der Waals surface area contributed by atoms with Crippen LogP contribution >= 0.6 is 0 Å². The minimum atomic E-state index is -0.602. The highest BCUT2D eigenvalue weighted by molar-refractivity contribution is 5.78. The summed E-state index contributed by atoms with van der Waals surface area (Å²) >= 11 is 0. The van der Waals surface area contributed by atoms with E-state index in [2.05, 4.69) is 18.3 Å². The lowest BCUT2D eigenvalue weighted by atomic mass is 9.77. The summed E-state index contributed by atoms with van der Waals surface area (Å²) in [5.74, 6) is 0.685. The molecular formula is C14H24N2O. The van der Waals surface area contributed by atoms with Gasteiger partial charge in [-0.25, -0.2) is 0 Å². The molecule has 0 atom stereocenters. The molecule has 1 aliphatic rings. The number of nitrogens with zero attached hydrogens (tertiary/aromatic N) is 1. The smallest absolute Gasteiger partial charge is 0.221 e. The number of hydrogen-bond donors (Lipinski definition) is 1. The molecule has 3 nitrogen and oxygen atoms in total. The van der Waals surface area contributed by atoms with Crippen LogP contribution in [0.3, 0.4) is 0 Å². The van der Waals surface area contributed by atoms with Crippen LogP contribution < -0.4 is 5.32 Å². The van der Waals surface area contributed by atoms with E-state index in [0.29, 0.717) is 12.3 Å². The van der Waals surface area contributed by atoms with Crippen LogP contribution in [0.4, 0.5) is 0 Å². The van der Waals surface area contributed by atoms with Crippen LogP contribution in [0.2, 0.25) is 0 Å². The van der Waals surface area contributed by atoms with Gasteiger partial charge >= 0.3 is 0 Å². The molecule has 1 rings (SSSR count). The third-order valence-electron chi connectivity index (χ3n) is 3.41. The number of nitriles is 1. The second-order valence-corrected chi connectivity index (χ2v) is 6.66. The Balaban J connectivity index is 2.59. The molecule has 0 saturated heterocycles. The number of carbonyl (C=O) groups is 1. The topological polar surface area (TPSA) is 52.9 Å². The van der Waals surface area contributed by atoms with Gasteiger partial charge in [0, 0.05) is 6.42 Å². The van der Waals surface area contributed by atoms with Gasteiger partial charge in [0.1, 0.15) is 5.54 Å². The van der Waals surface area contributed by atoms with Crippen LogP contribution in [0.25, 0.3) is 0 Å². The molecule has 1 N–H and O–H groups in total. The minimum absolute atomic E-state index is 0.00797. The Morgan fingerprint density at radius 2 is 1.94 bits per heavy atom. The number of carbonyl (C=O) groups excluding carboxylic acids is 1. The van der Waals surface area contributed by atoms with Gasteiger partial charge in [0.05, 0.1) is 6.07 Å². The van der Waals surface area contributed by atoms with Gasteiger partial charge in [0.25, 0.3) is 0 Å². The number of hydrogen-bond acceptors (Lipinski definition) is 2. The molecule has 0 bridgehead atoms. The van der Waals surface area contributed by atoms with Crippen molar-refractivity contribution >= 4 is 5.91 Å². The summed E-state index contributed by atoms with van der Waals surface area (Å²) in [5.41, 5.74) is -0.627. The van der Waals surface area contributed by atoms with Crippen molar-refractivity contribution in [2.45, 2.75) is 65.3 Å². The van der Waals surface area contributed by atoms with Crippen molar-refractivity contribution in [1.29, 1.82) is 5.26 Å². The maximum atomic E-state index is 11.9. The van der Waals surface area contributed by atoms with E-state index in [-0.39, 0.29) is 11.3 Å². The molecule has 0 heterocycles. The molecule has 0 aliphatic heterocycles. The van der Waals surface area contributed by atoms with Crippen LogP contribution in [0.1, 0.15) is 59.8 Å². The number of rotatable bonds is 2. The van der Waals surface area contributed by atoms with Gasteiger partial charge in [-0.15, -0.1) is 0 Å². The maximum Gasteiger partial charge on any atom is 0.221 e. The highest BCUT2D eigenvalue weighted by Gasteiger charge is 2.36. The summed E-state index contributed by atoms with van der Waals surface area (Å²) in [5, 5.41) is 12.3. The van der Waals surface area contributed by atoms with Crippen molar-refractivity contribution in [1.82, 2.24) is 5.32 Å². The quantitative estimate of drug-likeness (QED) is 0.801. The van der Waals surface area contributed by atoms with Crippen molar-refractivity contribution in [3.8, 4) is 6.07 Å². The Kier molecular flexibility index (Phi) is 4.19. The van der Waals surface area contributed by atoms with Crippen LogP contribution in [0.5, 0.6) is 0 Å². The first-order valence-corrected chi connectivity index (χ1v) is 6.49. The van der Waals surface area contributed by atoms with Gasteiger partial charge in [-0.05, 0) is 37.0 Å². The fraction of sp³-hybridized carbons (Fsp3) is 0.857. The minimum Gasteiger partial charge on any atom is -0.338 e. The highest BCUT2D eigenvalue weighted by atomic mass is 16.1. The second kappa shape index (κ2) is 5.08. The van der Waals surface area contributed by atoms with Gasteiger partial charge in [-0.1, -0.05) is 27.7 Å². The third kappa shape index (κ3) is 4.38. The lowest BCUT2D eigenvalue weighted by molar-refractivity contribution is -0.124. The Labute approximate surface area is 105 Å². The molecule has 0 unspecified atom stereocenters. The molecule has 0 aromatic carbocycles. The van der Waals surface area contributed by atoms with E-state index in [0.717, 1.165) is 25.7 Å². The first kappa shape index (κ1) is 14.0. The van der Waals surface area contributed by atoms with E-state index in [4.69, 9.17) is 0 Å². The van der Waals surface area contributed by atoms with Crippen molar-refractivity contribution in [2.24, 2.45) is 11.3 Å². The zero-order chi connectivity index (χ0) is 13.1. The van der Waals surface area contributed by atoms with Crippen LogP contribution in [0, 0.1) is 22.7 Å². The van der Waals surface area contributed by atoms with Gasteiger partial charge < -0.3 is 5.32 Å². The van der Waals surface area contributed by atoms with Gasteiger partial charge in [0.2, 0.25) is 5.91 Å². The first-order chi connectivity index (χ1) is 7.76. The fourth-order valence-corrected chi connectivity index (χ4v) is 2.31. The SMILES string of the molecule is CC1CCC(C#N)(NC(=O)CC(C)(C)C)CC1. The summed E-state index contributed by atoms with van der Waals surface area (Å²) in [6.45, 7) is 8.32. The van der Waals surface area contributed by atoms with E-state index in [1.807, 2.05) is 20.8 Å². The number of nitrogens with one attached hydrogen (secondary N) is 1. The number of amides is 1. The molecule has 1 fully saturated rings. The first-order valence-electron chi connectivity index (χ1n) is 6.49. The van der Waals surface area contributed by atoms with Gasteiger partial charge in [0.15, 0.2) is 0 Å². The Morgan fingerprint density at radius 1 is 1.41 bits per heavy atom. The molecule has 17 heavy (non-hydrogen) atoms. The molecule has 3 heteroatoms. The average molecular weight is 236 g/mol. The molecule has 0 radical (unpaired) electrons. The van der Waals surface area contributed by atoms with Gasteiger partial charge in [-0.3, -0.25) is 4.79 Å². The lowest BCUT2D eigenvalue weighted by Gasteiger charge is -2.35. The van der Waals surface area contributed by atoms with Crippen LogP contribution in [-0.4, -0.2) is 11.4 Å². The Bertz CT molecular complexity index is 314. The molecule has 1 aliphatic carbocycles. The van der Waals surface area contributed by atoms with Crippen molar-refractivity contribution in [2.75, 3.05) is 0 Å². The predicted molar refractivity (Wildman–Crippen MR) is 68.2 cm³/mol. The van der Waals surface area contributed by atoms with Gasteiger partial charge in [-0.2, -0.15) is 5.26 Å². The zero-order valence-corrected chi connectivity index (χ0v) is 11.5. The van der Waals surface area contributed by atoms with Crippen molar-refractivity contribution in [3.05, 3.63) is 0 Å². The summed E-state index contributed by atoms with van der Waals surface area (Å²) in [6.07, 6.45) is 4.12. The molecule has 0 aromatic rings. The lowest BCUT2D eigenvalue weighted by Crippen LogP contribution is -2.50. The van der Waals surface area contributed by atoms with E-state index >= 15 is 0 Å². The fourth-order valence-electron chi connectivity index (χ4n) is 2.31. The summed E-state index contributed by atoms with van der Waals surface area (Å²) in [4.78, 5) is 11.9. The summed E-state index contributed by atoms with van der Waals surface area (Å²) < 4.78 is 0. The van der Waals surface area contributed by atoms with Crippen LogP contribution in [0.15, 0.2) is 0 Å². The van der Waals surface area contributed by atoms with Crippen molar-refractivity contribution in [3.63, 3.8) is 0 Å². The van der Waals surface area contributed by atoms with E-state index < -0.39 is 5.54 Å². The summed E-state index contributed by atoms with van der Waals surface area (Å²) in [6, 6.07) is 2.32. The largest absolute Gasteiger partial charge is 0.338 e. The standard InChI is InChI=1S/C14H24N2O/c1-11-5-7-14(10-15,8-6-11)16-12(17)9-13(2,3)4/h11H,5-9H2,1-4H3,(H,16,17). The molecular weight excluding hydrogens is 212 g/mol. The molecule has 1 saturated carbocycles. The van der Waals surface area contributed by atoms with E-state index in [1.54, 1.807) is 0 Å². The maximum absolute atomic E-state index is 11.9. The second-order valence-electron chi connectivity index (χ2n) is 6.66. The highest BCUT2D eigenvalue weighted by Crippen LogP contribution is 2.32. The summed E-state index contributed by atoms with van der Waals surface area (Å²) in [7, 11) is 0. The van der Waals surface area contributed by atoms with Crippen LogP contribution in [-0.2, 0) is 4.79 Å². The van der Waals surface area contributed by atoms with Crippen molar-refractivity contribution < 1.29 is 4.79 Å². The normalized spacial score (nSPS) is 29.5.